The maximum absolute atomic E-state index is 12.3. The van der Waals surface area contributed by atoms with Crippen LogP contribution in [0.4, 0.5) is 11.4 Å². The maximum atomic E-state index is 12.3. The molecule has 25 heavy (non-hydrogen) atoms. The van der Waals surface area contributed by atoms with E-state index in [9.17, 15) is 15.2 Å². The number of nitriles is 1. The van der Waals surface area contributed by atoms with Crippen molar-refractivity contribution in [1.82, 2.24) is 0 Å². The van der Waals surface area contributed by atoms with Crippen molar-refractivity contribution in [3.63, 3.8) is 0 Å². The van der Waals surface area contributed by atoms with Crippen LogP contribution in [0.15, 0.2) is 18.2 Å². The van der Waals surface area contributed by atoms with Gasteiger partial charge in [0.05, 0.1) is 17.4 Å². The zero-order valence-corrected chi connectivity index (χ0v) is 14.7. The average molecular weight is 341 g/mol. The standard InChI is InChI=1S/C20H27N3O2/c21-14-16-13-17(22-20(25)12-15-4-2-1-3-5-15)6-7-19(16)23-10-8-18(24)9-11-23/h6-7,13,15,18,24H,1-5,8-12H2,(H,22,25). The van der Waals surface area contributed by atoms with E-state index >= 15 is 0 Å². The Kier molecular flexibility index (Phi) is 5.93. The fourth-order valence-electron chi connectivity index (χ4n) is 3.95. The predicted molar refractivity (Wildman–Crippen MR) is 98.4 cm³/mol. The van der Waals surface area contributed by atoms with Gasteiger partial charge in [-0.3, -0.25) is 4.79 Å². The highest BCUT2D eigenvalue weighted by Crippen LogP contribution is 2.28. The smallest absolute Gasteiger partial charge is 0.224 e. The fourth-order valence-corrected chi connectivity index (χ4v) is 3.95. The molecular weight excluding hydrogens is 314 g/mol. The zero-order chi connectivity index (χ0) is 17.6. The van der Waals surface area contributed by atoms with Crippen LogP contribution in [-0.4, -0.2) is 30.2 Å². The third kappa shape index (κ3) is 4.73. The number of aliphatic hydroxyl groups excluding tert-OH is 1. The van der Waals surface area contributed by atoms with Gasteiger partial charge in [-0.25, -0.2) is 0 Å². The van der Waals surface area contributed by atoms with E-state index in [4.69, 9.17) is 0 Å². The number of rotatable bonds is 4. The molecule has 0 spiro atoms. The molecule has 1 aromatic rings. The first-order valence-corrected chi connectivity index (χ1v) is 9.42. The van der Waals surface area contributed by atoms with Crippen LogP contribution in [-0.2, 0) is 4.79 Å². The topological polar surface area (TPSA) is 76.4 Å². The van der Waals surface area contributed by atoms with Crippen molar-refractivity contribution < 1.29 is 9.90 Å². The van der Waals surface area contributed by atoms with Crippen molar-refractivity contribution in [3.8, 4) is 6.07 Å². The number of piperidine rings is 1. The van der Waals surface area contributed by atoms with E-state index in [1.165, 1.54) is 19.3 Å². The van der Waals surface area contributed by atoms with E-state index < -0.39 is 0 Å². The first-order valence-electron chi connectivity index (χ1n) is 9.42. The second-order valence-electron chi connectivity index (χ2n) is 7.32. The first kappa shape index (κ1) is 17.8. The number of benzene rings is 1. The van der Waals surface area contributed by atoms with E-state index in [-0.39, 0.29) is 12.0 Å². The van der Waals surface area contributed by atoms with E-state index in [1.807, 2.05) is 12.1 Å². The summed E-state index contributed by atoms with van der Waals surface area (Å²) in [5.41, 5.74) is 2.16. The number of nitrogens with one attached hydrogen (secondary N) is 1. The summed E-state index contributed by atoms with van der Waals surface area (Å²) in [6.45, 7) is 1.51. The summed E-state index contributed by atoms with van der Waals surface area (Å²) in [6.07, 6.45) is 7.85. The molecule has 1 saturated heterocycles. The normalized spacial score (nSPS) is 19.4. The van der Waals surface area contributed by atoms with Gasteiger partial charge in [0.2, 0.25) is 5.91 Å². The van der Waals surface area contributed by atoms with Gasteiger partial charge in [-0.2, -0.15) is 5.26 Å². The number of anilines is 2. The Balaban J connectivity index is 1.62. The van der Waals surface area contributed by atoms with Crippen LogP contribution in [0.2, 0.25) is 0 Å². The van der Waals surface area contributed by atoms with Crippen molar-refractivity contribution in [2.24, 2.45) is 5.92 Å². The molecule has 2 N–H and O–H groups in total. The van der Waals surface area contributed by atoms with Gasteiger partial charge in [-0.05, 0) is 49.8 Å². The number of aliphatic hydroxyl groups is 1. The lowest BCUT2D eigenvalue weighted by atomic mass is 9.87. The quantitative estimate of drug-likeness (QED) is 0.880. The highest BCUT2D eigenvalue weighted by molar-refractivity contribution is 5.91. The summed E-state index contributed by atoms with van der Waals surface area (Å²) in [4.78, 5) is 14.4. The van der Waals surface area contributed by atoms with Crippen molar-refractivity contribution in [2.45, 2.75) is 57.5 Å². The summed E-state index contributed by atoms with van der Waals surface area (Å²) in [6, 6.07) is 7.79. The molecule has 134 valence electrons. The Morgan fingerprint density at radius 1 is 1.20 bits per heavy atom. The third-order valence-electron chi connectivity index (χ3n) is 5.40. The molecule has 0 radical (unpaired) electrons. The lowest BCUT2D eigenvalue weighted by Crippen LogP contribution is -2.36. The van der Waals surface area contributed by atoms with Crippen molar-refractivity contribution in [1.29, 1.82) is 5.26 Å². The Morgan fingerprint density at radius 2 is 1.92 bits per heavy atom. The van der Waals surface area contributed by atoms with Gasteiger partial charge in [-0.15, -0.1) is 0 Å². The summed E-state index contributed by atoms with van der Waals surface area (Å²) in [7, 11) is 0. The van der Waals surface area contributed by atoms with Crippen LogP contribution in [0.1, 0.15) is 56.9 Å². The summed E-state index contributed by atoms with van der Waals surface area (Å²) >= 11 is 0. The number of amides is 1. The van der Waals surface area contributed by atoms with Crippen molar-refractivity contribution in [2.75, 3.05) is 23.3 Å². The van der Waals surface area contributed by atoms with E-state index in [1.54, 1.807) is 6.07 Å². The van der Waals surface area contributed by atoms with Crippen LogP contribution in [0, 0.1) is 17.2 Å². The van der Waals surface area contributed by atoms with Crippen LogP contribution in [0.25, 0.3) is 0 Å². The molecule has 0 unspecified atom stereocenters. The molecule has 1 heterocycles. The predicted octanol–water partition coefficient (Wildman–Crippen LogP) is 3.43. The first-order chi connectivity index (χ1) is 12.2. The molecule has 3 rings (SSSR count). The molecule has 1 amide bonds. The minimum absolute atomic E-state index is 0.0460. The summed E-state index contributed by atoms with van der Waals surface area (Å²) in [5.74, 6) is 0.549. The SMILES string of the molecule is N#Cc1cc(NC(=O)CC2CCCCC2)ccc1N1CCC(O)CC1. The van der Waals surface area contributed by atoms with E-state index in [2.05, 4.69) is 16.3 Å². The molecule has 0 atom stereocenters. The third-order valence-corrected chi connectivity index (χ3v) is 5.40. The van der Waals surface area contributed by atoms with Gasteiger partial charge in [0.1, 0.15) is 6.07 Å². The number of nitrogens with zero attached hydrogens (tertiary/aromatic N) is 2. The summed E-state index contributed by atoms with van der Waals surface area (Å²) in [5, 5.41) is 22.1. The van der Waals surface area contributed by atoms with Gasteiger partial charge in [0.25, 0.3) is 0 Å². The molecule has 0 bridgehead atoms. The molecule has 0 aromatic heterocycles. The highest BCUT2D eigenvalue weighted by atomic mass is 16.3. The Morgan fingerprint density at radius 3 is 2.60 bits per heavy atom. The molecule has 5 heteroatoms. The Hall–Kier alpha value is -2.06. The van der Waals surface area contributed by atoms with E-state index in [0.717, 1.165) is 44.5 Å². The Labute approximate surface area is 149 Å². The lowest BCUT2D eigenvalue weighted by molar-refractivity contribution is -0.117. The number of hydrogen-bond donors (Lipinski definition) is 2. The highest BCUT2D eigenvalue weighted by Gasteiger charge is 2.20. The van der Waals surface area contributed by atoms with Crippen LogP contribution < -0.4 is 10.2 Å². The molecule has 5 nitrogen and oxygen atoms in total. The van der Waals surface area contributed by atoms with Crippen LogP contribution in [0.3, 0.4) is 0 Å². The van der Waals surface area contributed by atoms with Gasteiger partial charge in [-0.1, -0.05) is 19.3 Å². The lowest BCUT2D eigenvalue weighted by Gasteiger charge is -2.32. The molecule has 2 fully saturated rings. The average Bonchev–Trinajstić information content (AvgIpc) is 2.63. The van der Waals surface area contributed by atoms with Crippen LogP contribution >= 0.6 is 0 Å². The molecule has 1 aromatic carbocycles. The zero-order valence-electron chi connectivity index (χ0n) is 14.7. The number of carbonyl (C=O) groups excluding carboxylic acids is 1. The molecule has 1 saturated carbocycles. The molecule has 1 aliphatic carbocycles. The van der Waals surface area contributed by atoms with Gasteiger partial charge >= 0.3 is 0 Å². The monoisotopic (exact) mass is 341 g/mol. The minimum Gasteiger partial charge on any atom is -0.393 e. The molecule has 1 aliphatic heterocycles. The Bertz CT molecular complexity index is 639. The van der Waals surface area contributed by atoms with Gasteiger partial charge < -0.3 is 15.3 Å². The van der Waals surface area contributed by atoms with Gasteiger partial charge in [0, 0.05) is 25.2 Å². The van der Waals surface area contributed by atoms with Gasteiger partial charge in [0.15, 0.2) is 0 Å². The number of hydrogen-bond acceptors (Lipinski definition) is 4. The van der Waals surface area contributed by atoms with Crippen molar-refractivity contribution in [3.05, 3.63) is 23.8 Å². The minimum atomic E-state index is -0.236. The second kappa shape index (κ2) is 8.35. The summed E-state index contributed by atoms with van der Waals surface area (Å²) < 4.78 is 0. The van der Waals surface area contributed by atoms with E-state index in [0.29, 0.717) is 23.6 Å². The maximum Gasteiger partial charge on any atom is 0.224 e. The van der Waals surface area contributed by atoms with Crippen LogP contribution in [0.5, 0.6) is 0 Å². The van der Waals surface area contributed by atoms with Crippen molar-refractivity contribution >= 4 is 17.3 Å². The molecular formula is C20H27N3O2. The molecule has 2 aliphatic rings. The second-order valence-corrected chi connectivity index (χ2v) is 7.32. The fraction of sp³-hybridized carbons (Fsp3) is 0.600. The number of carbonyl (C=O) groups is 1. The largest absolute Gasteiger partial charge is 0.393 e.